The molecule has 1 spiro atoms. The quantitative estimate of drug-likeness (QED) is 0.694. The molecule has 0 aromatic carbocycles. The largest absolute Gasteiger partial charge is 0.354 e. The third kappa shape index (κ3) is 2.02. The summed E-state index contributed by atoms with van der Waals surface area (Å²) < 4.78 is 0. The van der Waals surface area contributed by atoms with E-state index in [9.17, 15) is 9.59 Å². The molecule has 2 heterocycles. The van der Waals surface area contributed by atoms with Crippen molar-refractivity contribution in [3.8, 4) is 0 Å². The number of amides is 2. The Kier molecular flexibility index (Phi) is 3.20. The van der Waals surface area contributed by atoms with Gasteiger partial charge in [0, 0.05) is 6.54 Å². The highest BCUT2D eigenvalue weighted by atomic mass is 32.1. The maximum absolute atomic E-state index is 12.7. The van der Waals surface area contributed by atoms with Crippen LogP contribution in [-0.2, 0) is 9.59 Å². The fourth-order valence-electron chi connectivity index (χ4n) is 3.41. The maximum atomic E-state index is 12.7. The summed E-state index contributed by atoms with van der Waals surface area (Å²) in [6.45, 7) is 0.697. The van der Waals surface area contributed by atoms with Gasteiger partial charge in [-0.25, -0.2) is 0 Å². The van der Waals surface area contributed by atoms with Gasteiger partial charge in [0.05, 0.1) is 0 Å². The average molecular weight is 281 g/mol. The molecule has 3 aliphatic rings. The first-order valence-corrected chi connectivity index (χ1v) is 7.48. The topological polar surface area (TPSA) is 61.4 Å². The zero-order valence-corrected chi connectivity index (χ0v) is 11.7. The normalized spacial score (nSPS) is 30.4. The molecule has 0 unspecified atom stereocenters. The van der Waals surface area contributed by atoms with Gasteiger partial charge in [0.1, 0.15) is 11.6 Å². The Morgan fingerprint density at radius 3 is 2.63 bits per heavy atom. The standard InChI is InChI=1S/C13H19N3O2S/c17-10-9(5-1-4-8-14-10)16-11(18)13(15-12(16)19)6-2-3-7-13/h9H,1-8H2,(H,14,17)(H,15,19)/t9-/m0/s1. The molecule has 3 rings (SSSR count). The Morgan fingerprint density at radius 1 is 1.16 bits per heavy atom. The lowest BCUT2D eigenvalue weighted by Crippen LogP contribution is -2.50. The molecule has 0 aromatic rings. The molecule has 5 nitrogen and oxygen atoms in total. The summed E-state index contributed by atoms with van der Waals surface area (Å²) in [5.74, 6) is -0.0536. The molecule has 2 aliphatic heterocycles. The van der Waals surface area contributed by atoms with E-state index in [4.69, 9.17) is 12.2 Å². The summed E-state index contributed by atoms with van der Waals surface area (Å²) in [5.41, 5.74) is -0.510. The van der Waals surface area contributed by atoms with E-state index in [1.54, 1.807) is 4.90 Å². The fraction of sp³-hybridized carbons (Fsp3) is 0.769. The third-order valence-corrected chi connectivity index (χ3v) is 4.77. The number of hydrogen-bond acceptors (Lipinski definition) is 3. The predicted molar refractivity (Wildman–Crippen MR) is 74.4 cm³/mol. The lowest BCUT2D eigenvalue weighted by Gasteiger charge is -2.25. The van der Waals surface area contributed by atoms with Gasteiger partial charge in [0.25, 0.3) is 5.91 Å². The molecule has 1 saturated carbocycles. The van der Waals surface area contributed by atoms with Crippen molar-refractivity contribution < 1.29 is 9.59 Å². The molecule has 0 aromatic heterocycles. The number of rotatable bonds is 1. The van der Waals surface area contributed by atoms with Crippen molar-refractivity contribution in [2.75, 3.05) is 6.54 Å². The Bertz CT molecular complexity index is 432. The van der Waals surface area contributed by atoms with Crippen LogP contribution in [0.1, 0.15) is 44.9 Å². The van der Waals surface area contributed by atoms with Crippen molar-refractivity contribution in [3.05, 3.63) is 0 Å². The second kappa shape index (κ2) is 4.74. The number of nitrogens with one attached hydrogen (secondary N) is 2. The minimum Gasteiger partial charge on any atom is -0.354 e. The minimum atomic E-state index is -0.510. The van der Waals surface area contributed by atoms with Crippen LogP contribution in [0, 0.1) is 0 Å². The van der Waals surface area contributed by atoms with Gasteiger partial charge in [0.2, 0.25) is 5.91 Å². The Hall–Kier alpha value is -1.17. The van der Waals surface area contributed by atoms with Crippen molar-refractivity contribution in [1.82, 2.24) is 15.5 Å². The van der Waals surface area contributed by atoms with Crippen LogP contribution >= 0.6 is 12.2 Å². The smallest absolute Gasteiger partial charge is 0.255 e. The van der Waals surface area contributed by atoms with Crippen LogP contribution < -0.4 is 10.6 Å². The number of carbonyl (C=O) groups is 2. The summed E-state index contributed by atoms with van der Waals surface area (Å²) in [7, 11) is 0. The highest BCUT2D eigenvalue weighted by Crippen LogP contribution is 2.36. The van der Waals surface area contributed by atoms with Gasteiger partial charge in [-0.05, 0) is 44.3 Å². The molecule has 3 fully saturated rings. The first-order valence-electron chi connectivity index (χ1n) is 7.08. The van der Waals surface area contributed by atoms with Crippen molar-refractivity contribution in [1.29, 1.82) is 0 Å². The van der Waals surface area contributed by atoms with Gasteiger partial charge in [-0.15, -0.1) is 0 Å². The van der Waals surface area contributed by atoms with E-state index in [-0.39, 0.29) is 11.8 Å². The second-order valence-electron chi connectivity index (χ2n) is 5.70. The molecule has 2 saturated heterocycles. The minimum absolute atomic E-state index is 0.0112. The fourth-order valence-corrected chi connectivity index (χ4v) is 3.82. The van der Waals surface area contributed by atoms with E-state index in [0.29, 0.717) is 18.1 Å². The van der Waals surface area contributed by atoms with E-state index in [2.05, 4.69) is 10.6 Å². The number of hydrogen-bond donors (Lipinski definition) is 2. The van der Waals surface area contributed by atoms with Crippen LogP contribution in [0.4, 0.5) is 0 Å². The molecule has 0 bridgehead atoms. The molecular formula is C13H19N3O2S. The molecular weight excluding hydrogens is 262 g/mol. The van der Waals surface area contributed by atoms with Gasteiger partial charge >= 0.3 is 0 Å². The lowest BCUT2D eigenvalue weighted by atomic mass is 9.97. The predicted octanol–water partition coefficient (Wildman–Crippen LogP) is 0.685. The summed E-state index contributed by atoms with van der Waals surface area (Å²) in [5, 5.41) is 6.51. The van der Waals surface area contributed by atoms with Crippen LogP contribution in [0.3, 0.4) is 0 Å². The SMILES string of the molecule is O=C1NCCCC[C@@H]1N1C(=O)C2(CCCC2)NC1=S. The first kappa shape index (κ1) is 12.8. The van der Waals surface area contributed by atoms with E-state index < -0.39 is 11.6 Å². The highest BCUT2D eigenvalue weighted by molar-refractivity contribution is 7.80. The lowest BCUT2D eigenvalue weighted by molar-refractivity contribution is -0.137. The van der Waals surface area contributed by atoms with E-state index in [0.717, 1.165) is 38.5 Å². The molecule has 2 N–H and O–H groups in total. The van der Waals surface area contributed by atoms with Crippen LogP contribution in [0.15, 0.2) is 0 Å². The summed E-state index contributed by atoms with van der Waals surface area (Å²) in [6.07, 6.45) is 6.37. The van der Waals surface area contributed by atoms with Crippen LogP contribution in [0.25, 0.3) is 0 Å². The van der Waals surface area contributed by atoms with Gasteiger partial charge in [-0.2, -0.15) is 0 Å². The first-order chi connectivity index (χ1) is 9.14. The second-order valence-corrected chi connectivity index (χ2v) is 6.08. The van der Waals surface area contributed by atoms with Gasteiger partial charge in [-0.3, -0.25) is 14.5 Å². The molecule has 2 amide bonds. The molecule has 104 valence electrons. The number of thiocarbonyl (C=S) groups is 1. The molecule has 1 aliphatic carbocycles. The summed E-state index contributed by atoms with van der Waals surface area (Å²) >= 11 is 5.32. The Balaban J connectivity index is 1.85. The van der Waals surface area contributed by atoms with Crippen molar-refractivity contribution in [2.24, 2.45) is 0 Å². The molecule has 6 heteroatoms. The van der Waals surface area contributed by atoms with Crippen molar-refractivity contribution in [3.63, 3.8) is 0 Å². The van der Waals surface area contributed by atoms with Crippen molar-refractivity contribution in [2.45, 2.75) is 56.5 Å². The zero-order valence-electron chi connectivity index (χ0n) is 10.9. The van der Waals surface area contributed by atoms with E-state index in [1.165, 1.54) is 0 Å². The molecule has 0 radical (unpaired) electrons. The van der Waals surface area contributed by atoms with E-state index >= 15 is 0 Å². The molecule has 1 atom stereocenters. The third-order valence-electron chi connectivity index (χ3n) is 4.47. The maximum Gasteiger partial charge on any atom is 0.255 e. The summed E-state index contributed by atoms with van der Waals surface area (Å²) in [6, 6.07) is -0.421. The van der Waals surface area contributed by atoms with Gasteiger partial charge in [-0.1, -0.05) is 12.8 Å². The number of nitrogens with zero attached hydrogens (tertiary/aromatic N) is 1. The van der Waals surface area contributed by atoms with Gasteiger partial charge < -0.3 is 10.6 Å². The highest BCUT2D eigenvalue weighted by Gasteiger charge is 2.53. The van der Waals surface area contributed by atoms with Crippen LogP contribution in [-0.4, -0.2) is 40.0 Å². The summed E-state index contributed by atoms with van der Waals surface area (Å²) in [4.78, 5) is 26.3. The monoisotopic (exact) mass is 281 g/mol. The Labute approximate surface area is 118 Å². The van der Waals surface area contributed by atoms with Crippen LogP contribution in [0.5, 0.6) is 0 Å². The zero-order chi connectivity index (χ0) is 13.5. The molecule has 19 heavy (non-hydrogen) atoms. The van der Waals surface area contributed by atoms with Crippen molar-refractivity contribution >= 4 is 29.1 Å². The van der Waals surface area contributed by atoms with Crippen LogP contribution in [0.2, 0.25) is 0 Å². The Morgan fingerprint density at radius 2 is 1.89 bits per heavy atom. The van der Waals surface area contributed by atoms with Gasteiger partial charge in [0.15, 0.2) is 5.11 Å². The van der Waals surface area contributed by atoms with E-state index in [1.807, 2.05) is 0 Å². The number of carbonyl (C=O) groups excluding carboxylic acids is 2. The average Bonchev–Trinajstić information content (AvgIpc) is 2.86.